The van der Waals surface area contributed by atoms with Crippen molar-refractivity contribution in [3.8, 4) is 11.5 Å². The molecule has 0 atom stereocenters. The molecule has 3 aromatic rings. The highest BCUT2D eigenvalue weighted by molar-refractivity contribution is 9.10. The summed E-state index contributed by atoms with van der Waals surface area (Å²) in [6, 6.07) is 23.5. The Morgan fingerprint density at radius 1 is 0.750 bits per heavy atom. The third kappa shape index (κ3) is 4.52. The molecule has 24 heavy (non-hydrogen) atoms. The van der Waals surface area contributed by atoms with Gasteiger partial charge in [-0.1, -0.05) is 52.3 Å². The van der Waals surface area contributed by atoms with E-state index in [1.54, 1.807) is 0 Å². The molecule has 3 aromatic carbocycles. The van der Waals surface area contributed by atoms with E-state index in [0.717, 1.165) is 27.1 Å². The minimum absolute atomic E-state index is 0.434. The zero-order valence-corrected chi connectivity index (χ0v) is 14.7. The van der Waals surface area contributed by atoms with E-state index in [4.69, 9.17) is 15.2 Å². The molecule has 122 valence electrons. The monoisotopic (exact) mass is 383 g/mol. The Kier molecular flexibility index (Phi) is 5.39. The van der Waals surface area contributed by atoms with Crippen molar-refractivity contribution in [1.29, 1.82) is 0 Å². The van der Waals surface area contributed by atoms with E-state index in [1.165, 1.54) is 0 Å². The van der Waals surface area contributed by atoms with Gasteiger partial charge in [0.15, 0.2) is 0 Å². The molecule has 0 aromatic heterocycles. The average Bonchev–Trinajstić information content (AvgIpc) is 2.61. The number of benzene rings is 3. The number of ether oxygens (including phenoxy) is 2. The number of anilines is 1. The van der Waals surface area contributed by atoms with Crippen molar-refractivity contribution in [2.24, 2.45) is 0 Å². The molecule has 0 heterocycles. The van der Waals surface area contributed by atoms with Crippen LogP contribution < -0.4 is 15.2 Å². The third-order valence-corrected chi connectivity index (χ3v) is 4.07. The quantitative estimate of drug-likeness (QED) is 0.595. The first-order chi connectivity index (χ1) is 11.7. The standard InChI is InChI=1S/C20H18BrNO2/c21-17-7-6-16(20(22)12-17)14-24-19-10-8-18(9-11-19)23-13-15-4-2-1-3-5-15/h1-12H,13-14,22H2. The molecule has 0 amide bonds. The van der Waals surface area contributed by atoms with Crippen molar-refractivity contribution >= 4 is 21.6 Å². The lowest BCUT2D eigenvalue weighted by molar-refractivity contribution is 0.297. The van der Waals surface area contributed by atoms with Gasteiger partial charge in [-0.3, -0.25) is 0 Å². The molecule has 0 bridgehead atoms. The van der Waals surface area contributed by atoms with Crippen molar-refractivity contribution in [2.45, 2.75) is 13.2 Å². The van der Waals surface area contributed by atoms with Crippen LogP contribution in [0.25, 0.3) is 0 Å². The zero-order chi connectivity index (χ0) is 16.8. The highest BCUT2D eigenvalue weighted by Gasteiger charge is 2.02. The lowest BCUT2D eigenvalue weighted by atomic mass is 10.2. The molecule has 0 aliphatic carbocycles. The number of hydrogen-bond acceptors (Lipinski definition) is 3. The Morgan fingerprint density at radius 3 is 2.00 bits per heavy atom. The minimum atomic E-state index is 0.434. The van der Waals surface area contributed by atoms with Crippen LogP contribution in [0.4, 0.5) is 5.69 Å². The maximum absolute atomic E-state index is 5.97. The molecule has 0 saturated carbocycles. The molecule has 0 unspecified atom stereocenters. The average molecular weight is 384 g/mol. The molecule has 0 fully saturated rings. The van der Waals surface area contributed by atoms with Crippen LogP contribution in [-0.2, 0) is 13.2 Å². The molecule has 0 spiro atoms. The third-order valence-electron chi connectivity index (χ3n) is 3.57. The molecular weight excluding hydrogens is 366 g/mol. The van der Waals surface area contributed by atoms with E-state index in [0.29, 0.717) is 18.9 Å². The molecule has 0 radical (unpaired) electrons. The number of hydrogen-bond donors (Lipinski definition) is 1. The van der Waals surface area contributed by atoms with E-state index in [9.17, 15) is 0 Å². The smallest absolute Gasteiger partial charge is 0.120 e. The minimum Gasteiger partial charge on any atom is -0.489 e. The van der Waals surface area contributed by atoms with Crippen LogP contribution in [0.2, 0.25) is 0 Å². The van der Waals surface area contributed by atoms with E-state index in [1.807, 2.05) is 72.8 Å². The predicted molar refractivity (Wildman–Crippen MR) is 100 cm³/mol. The molecule has 4 heteroatoms. The van der Waals surface area contributed by atoms with Crippen LogP contribution in [0, 0.1) is 0 Å². The van der Waals surface area contributed by atoms with Crippen molar-refractivity contribution < 1.29 is 9.47 Å². The predicted octanol–water partition coefficient (Wildman–Crippen LogP) is 5.19. The second kappa shape index (κ2) is 7.88. The van der Waals surface area contributed by atoms with Crippen LogP contribution >= 0.6 is 15.9 Å². The maximum Gasteiger partial charge on any atom is 0.120 e. The van der Waals surface area contributed by atoms with Gasteiger partial charge in [-0.05, 0) is 42.0 Å². The van der Waals surface area contributed by atoms with Crippen LogP contribution in [0.3, 0.4) is 0 Å². The second-order valence-electron chi connectivity index (χ2n) is 5.38. The van der Waals surface area contributed by atoms with Crippen molar-refractivity contribution in [2.75, 3.05) is 5.73 Å². The molecule has 0 aliphatic heterocycles. The molecule has 3 nitrogen and oxygen atoms in total. The Bertz CT molecular complexity index is 788. The van der Waals surface area contributed by atoms with Gasteiger partial charge in [0.25, 0.3) is 0 Å². The number of nitrogens with two attached hydrogens (primary N) is 1. The molecular formula is C20H18BrNO2. The summed E-state index contributed by atoms with van der Waals surface area (Å²) in [6.45, 7) is 0.986. The van der Waals surface area contributed by atoms with E-state index >= 15 is 0 Å². The normalized spacial score (nSPS) is 10.4. The summed E-state index contributed by atoms with van der Waals surface area (Å²) >= 11 is 3.40. The van der Waals surface area contributed by atoms with Crippen molar-refractivity contribution in [3.05, 3.63) is 88.4 Å². The summed E-state index contributed by atoms with van der Waals surface area (Å²) in [5.41, 5.74) is 8.79. The van der Waals surface area contributed by atoms with Gasteiger partial charge in [0.1, 0.15) is 24.7 Å². The first-order valence-corrected chi connectivity index (χ1v) is 8.43. The van der Waals surface area contributed by atoms with E-state index in [2.05, 4.69) is 15.9 Å². The SMILES string of the molecule is Nc1cc(Br)ccc1COc1ccc(OCc2ccccc2)cc1. The number of rotatable bonds is 6. The van der Waals surface area contributed by atoms with Gasteiger partial charge in [0, 0.05) is 15.7 Å². The zero-order valence-electron chi connectivity index (χ0n) is 13.1. The fraction of sp³-hybridized carbons (Fsp3) is 0.100. The molecule has 3 rings (SSSR count). The van der Waals surface area contributed by atoms with Crippen molar-refractivity contribution in [3.63, 3.8) is 0 Å². The highest BCUT2D eigenvalue weighted by Crippen LogP contribution is 2.22. The van der Waals surface area contributed by atoms with Crippen LogP contribution in [-0.4, -0.2) is 0 Å². The molecule has 2 N–H and O–H groups in total. The Morgan fingerprint density at radius 2 is 1.38 bits per heavy atom. The summed E-state index contributed by atoms with van der Waals surface area (Å²) in [5.74, 6) is 1.60. The van der Waals surface area contributed by atoms with Crippen LogP contribution in [0.1, 0.15) is 11.1 Å². The summed E-state index contributed by atoms with van der Waals surface area (Å²) in [5, 5.41) is 0. The number of nitrogen functional groups attached to an aromatic ring is 1. The van der Waals surface area contributed by atoms with Gasteiger partial charge in [-0.25, -0.2) is 0 Å². The van der Waals surface area contributed by atoms with Gasteiger partial charge in [0.2, 0.25) is 0 Å². The van der Waals surface area contributed by atoms with Crippen LogP contribution in [0.5, 0.6) is 11.5 Å². The van der Waals surface area contributed by atoms with Gasteiger partial charge in [0.05, 0.1) is 0 Å². The fourth-order valence-electron chi connectivity index (χ4n) is 2.23. The lowest BCUT2D eigenvalue weighted by Crippen LogP contribution is -2.00. The Hall–Kier alpha value is -2.46. The lowest BCUT2D eigenvalue weighted by Gasteiger charge is -2.10. The van der Waals surface area contributed by atoms with E-state index < -0.39 is 0 Å². The molecule has 0 saturated heterocycles. The first kappa shape index (κ1) is 16.4. The van der Waals surface area contributed by atoms with Gasteiger partial charge in [-0.15, -0.1) is 0 Å². The summed E-state index contributed by atoms with van der Waals surface area (Å²) in [6.07, 6.45) is 0. The maximum atomic E-state index is 5.97. The topological polar surface area (TPSA) is 44.5 Å². The summed E-state index contributed by atoms with van der Waals surface area (Å²) in [7, 11) is 0. The fourth-order valence-corrected chi connectivity index (χ4v) is 2.61. The van der Waals surface area contributed by atoms with Crippen molar-refractivity contribution in [1.82, 2.24) is 0 Å². The summed E-state index contributed by atoms with van der Waals surface area (Å²) in [4.78, 5) is 0. The Balaban J connectivity index is 1.54. The summed E-state index contributed by atoms with van der Waals surface area (Å²) < 4.78 is 12.5. The number of halogens is 1. The largest absolute Gasteiger partial charge is 0.489 e. The van der Waals surface area contributed by atoms with E-state index in [-0.39, 0.29) is 0 Å². The molecule has 0 aliphatic rings. The second-order valence-corrected chi connectivity index (χ2v) is 6.29. The highest BCUT2D eigenvalue weighted by atomic mass is 79.9. The van der Waals surface area contributed by atoms with Gasteiger partial charge in [-0.2, -0.15) is 0 Å². The van der Waals surface area contributed by atoms with Gasteiger partial charge < -0.3 is 15.2 Å². The van der Waals surface area contributed by atoms with Gasteiger partial charge >= 0.3 is 0 Å². The Labute approximate surface area is 150 Å². The van der Waals surface area contributed by atoms with Crippen LogP contribution in [0.15, 0.2) is 77.3 Å². The first-order valence-electron chi connectivity index (χ1n) is 7.64.